The molecule has 7 atom stereocenters. The fraction of sp³-hybridized carbons (Fsp3) is 1.00. The van der Waals surface area contributed by atoms with Crippen LogP contribution in [0.1, 0.15) is 45.4 Å². The van der Waals surface area contributed by atoms with Crippen LogP contribution in [0.5, 0.6) is 0 Å². The van der Waals surface area contributed by atoms with Gasteiger partial charge in [0.25, 0.3) is 0 Å². The molecule has 1 saturated heterocycles. The molecule has 1 aliphatic carbocycles. The molecule has 19 heavy (non-hydrogen) atoms. The summed E-state index contributed by atoms with van der Waals surface area (Å²) >= 11 is 0. The van der Waals surface area contributed by atoms with Crippen molar-refractivity contribution >= 4 is 0 Å². The molecule has 0 aromatic carbocycles. The molecular weight excluding hydrogens is 246 g/mol. The van der Waals surface area contributed by atoms with Crippen molar-refractivity contribution in [3.8, 4) is 0 Å². The molecule has 1 heterocycles. The molecule has 2 aliphatic rings. The topological polar surface area (TPSA) is 83.9 Å². The predicted molar refractivity (Wildman–Crippen MR) is 71.7 cm³/mol. The van der Waals surface area contributed by atoms with Crippen LogP contribution in [0.25, 0.3) is 0 Å². The molecule has 2 rings (SSSR count). The standard InChI is InChI=1S/C14H27NO4/c1-2-3-4-5-6-7-8-15-9-10(15)12(17)14(19)13(18)11(9)16/h9-14,16-19H,2-8H2,1H3/t9-,10?,11+,12+,13-,14-,15?/m1/s1. The number of aliphatic hydroxyl groups is 4. The van der Waals surface area contributed by atoms with E-state index in [9.17, 15) is 20.4 Å². The van der Waals surface area contributed by atoms with E-state index in [1.165, 1.54) is 25.7 Å². The van der Waals surface area contributed by atoms with Gasteiger partial charge in [0.2, 0.25) is 0 Å². The van der Waals surface area contributed by atoms with Gasteiger partial charge in [0.15, 0.2) is 0 Å². The lowest BCUT2D eigenvalue weighted by Gasteiger charge is -2.30. The molecule has 0 aromatic heterocycles. The molecule has 1 saturated carbocycles. The average Bonchev–Trinajstić information content (AvgIpc) is 3.12. The Morgan fingerprint density at radius 2 is 1.16 bits per heavy atom. The highest BCUT2D eigenvalue weighted by molar-refractivity contribution is 5.17. The number of rotatable bonds is 7. The van der Waals surface area contributed by atoms with Gasteiger partial charge in [0.05, 0.1) is 24.3 Å². The van der Waals surface area contributed by atoms with Crippen molar-refractivity contribution in [3.05, 3.63) is 0 Å². The summed E-state index contributed by atoms with van der Waals surface area (Å²) in [6, 6.07) is -0.354. The Morgan fingerprint density at radius 3 is 1.68 bits per heavy atom. The Bertz CT molecular complexity index is 269. The van der Waals surface area contributed by atoms with Gasteiger partial charge in [-0.3, -0.25) is 4.90 Å². The lowest BCUT2D eigenvalue weighted by Crippen LogP contribution is -2.53. The van der Waals surface area contributed by atoms with Crippen LogP contribution in [0.15, 0.2) is 0 Å². The molecule has 5 heteroatoms. The number of likely N-dealkylation sites (tertiary alicyclic amines) is 1. The molecule has 0 amide bonds. The second kappa shape index (κ2) is 6.50. The van der Waals surface area contributed by atoms with Crippen LogP contribution in [-0.2, 0) is 0 Å². The number of aliphatic hydroxyl groups excluding tert-OH is 4. The summed E-state index contributed by atoms with van der Waals surface area (Å²) < 4.78 is 0. The van der Waals surface area contributed by atoms with Gasteiger partial charge >= 0.3 is 0 Å². The maximum atomic E-state index is 9.86. The molecule has 0 aromatic rings. The molecule has 1 aliphatic heterocycles. The van der Waals surface area contributed by atoms with Gasteiger partial charge in [-0.15, -0.1) is 0 Å². The first-order valence-electron chi connectivity index (χ1n) is 7.57. The smallest absolute Gasteiger partial charge is 0.110 e. The van der Waals surface area contributed by atoms with Crippen LogP contribution in [0.2, 0.25) is 0 Å². The quantitative estimate of drug-likeness (QED) is 0.383. The number of nitrogens with zero attached hydrogens (tertiary/aromatic N) is 1. The van der Waals surface area contributed by atoms with E-state index in [0.29, 0.717) is 0 Å². The Kier molecular flexibility index (Phi) is 5.20. The largest absolute Gasteiger partial charge is 0.389 e. The second-order valence-corrected chi connectivity index (χ2v) is 5.95. The summed E-state index contributed by atoms with van der Waals surface area (Å²) in [5, 5.41) is 38.9. The van der Waals surface area contributed by atoms with Crippen molar-refractivity contribution in [3.63, 3.8) is 0 Å². The predicted octanol–water partition coefficient (Wildman–Crippen LogP) is -0.143. The molecule has 2 fully saturated rings. The average molecular weight is 273 g/mol. The zero-order valence-corrected chi connectivity index (χ0v) is 11.6. The molecule has 5 nitrogen and oxygen atoms in total. The van der Waals surface area contributed by atoms with E-state index in [4.69, 9.17) is 0 Å². The fourth-order valence-electron chi connectivity index (χ4n) is 3.30. The Hall–Kier alpha value is -0.200. The van der Waals surface area contributed by atoms with E-state index >= 15 is 0 Å². The first-order chi connectivity index (χ1) is 9.09. The van der Waals surface area contributed by atoms with Gasteiger partial charge in [0.1, 0.15) is 12.2 Å². The van der Waals surface area contributed by atoms with Crippen molar-refractivity contribution in [2.24, 2.45) is 0 Å². The normalized spacial score (nSPS) is 45.0. The highest BCUT2D eigenvalue weighted by Crippen LogP contribution is 2.41. The lowest BCUT2D eigenvalue weighted by molar-refractivity contribution is -0.121. The number of fused-ring (bicyclic) bond motifs is 1. The lowest BCUT2D eigenvalue weighted by atomic mass is 9.90. The summed E-state index contributed by atoms with van der Waals surface area (Å²) in [5.74, 6) is 0. The first-order valence-corrected chi connectivity index (χ1v) is 7.57. The fourth-order valence-corrected chi connectivity index (χ4v) is 3.30. The Labute approximate surface area is 114 Å². The second-order valence-electron chi connectivity index (χ2n) is 5.95. The van der Waals surface area contributed by atoms with Crippen LogP contribution in [0, 0.1) is 0 Å². The highest BCUT2D eigenvalue weighted by Gasteiger charge is 2.63. The third-order valence-electron chi connectivity index (χ3n) is 4.55. The van der Waals surface area contributed by atoms with Crippen LogP contribution in [-0.4, -0.2) is 68.4 Å². The summed E-state index contributed by atoms with van der Waals surface area (Å²) in [6.07, 6.45) is 2.88. The van der Waals surface area contributed by atoms with Crippen molar-refractivity contribution in [1.82, 2.24) is 4.90 Å². The molecule has 112 valence electrons. The molecule has 0 radical (unpaired) electrons. The number of hydrogen-bond acceptors (Lipinski definition) is 5. The third-order valence-corrected chi connectivity index (χ3v) is 4.55. The maximum absolute atomic E-state index is 9.86. The number of unbranched alkanes of at least 4 members (excludes halogenated alkanes) is 5. The first kappa shape index (κ1) is 15.2. The monoisotopic (exact) mass is 273 g/mol. The third kappa shape index (κ3) is 3.11. The van der Waals surface area contributed by atoms with Crippen LogP contribution in [0.4, 0.5) is 0 Å². The van der Waals surface area contributed by atoms with Crippen molar-refractivity contribution in [2.45, 2.75) is 81.9 Å². The maximum Gasteiger partial charge on any atom is 0.110 e. The Balaban J connectivity index is 1.70. The summed E-state index contributed by atoms with van der Waals surface area (Å²) in [7, 11) is 0. The van der Waals surface area contributed by atoms with Gasteiger partial charge < -0.3 is 20.4 Å². The van der Waals surface area contributed by atoms with E-state index in [1.807, 2.05) is 4.90 Å². The van der Waals surface area contributed by atoms with Crippen LogP contribution in [0.3, 0.4) is 0 Å². The van der Waals surface area contributed by atoms with Gasteiger partial charge in [-0.1, -0.05) is 39.0 Å². The molecule has 4 N–H and O–H groups in total. The molecule has 2 unspecified atom stereocenters. The zero-order chi connectivity index (χ0) is 14.0. The molecule has 0 bridgehead atoms. The molecule has 0 spiro atoms. The Morgan fingerprint density at radius 1 is 0.684 bits per heavy atom. The van der Waals surface area contributed by atoms with Crippen molar-refractivity contribution in [2.75, 3.05) is 6.54 Å². The van der Waals surface area contributed by atoms with Crippen LogP contribution >= 0.6 is 0 Å². The van der Waals surface area contributed by atoms with Crippen LogP contribution < -0.4 is 0 Å². The van der Waals surface area contributed by atoms with Gasteiger partial charge in [-0.05, 0) is 13.0 Å². The number of hydrogen-bond donors (Lipinski definition) is 4. The van der Waals surface area contributed by atoms with E-state index < -0.39 is 24.4 Å². The van der Waals surface area contributed by atoms with Crippen molar-refractivity contribution < 1.29 is 20.4 Å². The van der Waals surface area contributed by atoms with Crippen molar-refractivity contribution in [1.29, 1.82) is 0 Å². The van der Waals surface area contributed by atoms with Gasteiger partial charge in [-0.2, -0.15) is 0 Å². The summed E-state index contributed by atoms with van der Waals surface area (Å²) in [4.78, 5) is 2.01. The minimum Gasteiger partial charge on any atom is -0.389 e. The van der Waals surface area contributed by atoms with E-state index in [0.717, 1.165) is 19.4 Å². The summed E-state index contributed by atoms with van der Waals surface area (Å²) in [6.45, 7) is 3.02. The van der Waals surface area contributed by atoms with Gasteiger partial charge in [0, 0.05) is 0 Å². The van der Waals surface area contributed by atoms with E-state index in [-0.39, 0.29) is 12.1 Å². The van der Waals surface area contributed by atoms with E-state index in [1.54, 1.807) is 0 Å². The SMILES string of the molecule is CCCCCCCCN1C2[C@@H]1[C@H](O)[C@@H](O)[C@H](O)[C@H]2O. The summed E-state index contributed by atoms with van der Waals surface area (Å²) in [5.41, 5.74) is 0. The minimum atomic E-state index is -1.23. The minimum absolute atomic E-state index is 0.177. The highest BCUT2D eigenvalue weighted by atomic mass is 16.4. The van der Waals surface area contributed by atoms with Gasteiger partial charge in [-0.25, -0.2) is 0 Å². The van der Waals surface area contributed by atoms with E-state index in [2.05, 4.69) is 6.92 Å². The molecular formula is C14H27NO4. The zero-order valence-electron chi connectivity index (χ0n) is 11.6.